The van der Waals surface area contributed by atoms with Crippen LogP contribution in [-0.2, 0) is 4.79 Å². The van der Waals surface area contributed by atoms with Gasteiger partial charge in [0, 0.05) is 6.42 Å². The third kappa shape index (κ3) is 15.4. The normalized spacial score (nSPS) is 11.2. The first-order valence-corrected chi connectivity index (χ1v) is 8.00. The predicted octanol–water partition coefficient (Wildman–Crippen LogP) is 5.83. The summed E-state index contributed by atoms with van der Waals surface area (Å²) < 4.78 is 0. The lowest BCUT2D eigenvalue weighted by Gasteiger charge is -2.00. The van der Waals surface area contributed by atoms with Gasteiger partial charge in [-0.05, 0) is 25.7 Å². The second kappa shape index (κ2) is 16.4. The second-order valence-electron chi connectivity index (χ2n) is 5.19. The van der Waals surface area contributed by atoms with Crippen molar-refractivity contribution in [1.82, 2.24) is 0 Å². The number of aldehydes is 1. The fourth-order valence-electron chi connectivity index (χ4n) is 2.11. The number of hydrogen-bond acceptors (Lipinski definition) is 1. The summed E-state index contributed by atoms with van der Waals surface area (Å²) in [5.74, 6) is 0. The van der Waals surface area contributed by atoms with E-state index in [0.717, 1.165) is 19.1 Å². The van der Waals surface area contributed by atoms with Crippen LogP contribution in [0, 0.1) is 0 Å². The quantitative estimate of drug-likeness (QED) is 0.216. The van der Waals surface area contributed by atoms with Crippen LogP contribution in [0.4, 0.5) is 0 Å². The van der Waals surface area contributed by atoms with Crippen molar-refractivity contribution in [1.29, 1.82) is 0 Å². The van der Waals surface area contributed by atoms with Crippen LogP contribution in [-0.4, -0.2) is 6.29 Å². The van der Waals surface area contributed by atoms with E-state index in [-0.39, 0.29) is 0 Å². The lowest BCUT2D eigenvalue weighted by Crippen LogP contribution is -1.82. The number of rotatable bonds is 14. The molecular weight excluding hydrogens is 220 g/mol. The molecule has 0 aliphatic heterocycles. The summed E-state index contributed by atoms with van der Waals surface area (Å²) in [6, 6.07) is 0. The molecule has 0 aliphatic carbocycles. The van der Waals surface area contributed by atoms with E-state index in [9.17, 15) is 4.79 Å². The maximum absolute atomic E-state index is 10.1. The summed E-state index contributed by atoms with van der Waals surface area (Å²) in [4.78, 5) is 10.1. The van der Waals surface area contributed by atoms with Gasteiger partial charge in [0.15, 0.2) is 0 Å². The SMILES string of the molecule is CCCCC=CCCCCCCCCCCC=O. The molecule has 0 rings (SSSR count). The zero-order valence-corrected chi connectivity index (χ0v) is 12.3. The lowest BCUT2D eigenvalue weighted by molar-refractivity contribution is -0.107. The highest BCUT2D eigenvalue weighted by Gasteiger charge is 1.91. The Morgan fingerprint density at radius 3 is 1.56 bits per heavy atom. The predicted molar refractivity (Wildman–Crippen MR) is 80.9 cm³/mol. The van der Waals surface area contributed by atoms with Crippen molar-refractivity contribution >= 4 is 6.29 Å². The third-order valence-corrected chi connectivity index (χ3v) is 3.33. The van der Waals surface area contributed by atoms with E-state index in [1.165, 1.54) is 70.6 Å². The van der Waals surface area contributed by atoms with Crippen molar-refractivity contribution < 1.29 is 4.79 Å². The molecule has 0 saturated heterocycles. The van der Waals surface area contributed by atoms with E-state index >= 15 is 0 Å². The molecule has 0 bridgehead atoms. The second-order valence-corrected chi connectivity index (χ2v) is 5.19. The Morgan fingerprint density at radius 2 is 1.06 bits per heavy atom. The van der Waals surface area contributed by atoms with E-state index in [0.29, 0.717) is 0 Å². The zero-order valence-electron chi connectivity index (χ0n) is 12.3. The summed E-state index contributed by atoms with van der Waals surface area (Å²) in [5.41, 5.74) is 0. The van der Waals surface area contributed by atoms with Gasteiger partial charge in [-0.15, -0.1) is 0 Å². The summed E-state index contributed by atoms with van der Waals surface area (Å²) in [7, 11) is 0. The van der Waals surface area contributed by atoms with E-state index in [1.54, 1.807) is 0 Å². The molecule has 0 aromatic heterocycles. The maximum atomic E-state index is 10.1. The van der Waals surface area contributed by atoms with Crippen LogP contribution in [0.1, 0.15) is 90.4 Å². The first-order chi connectivity index (χ1) is 8.91. The van der Waals surface area contributed by atoms with Gasteiger partial charge in [-0.1, -0.05) is 70.4 Å². The first-order valence-electron chi connectivity index (χ1n) is 8.00. The standard InChI is InChI=1S/C17H32O/c1-2-3-4-5-6-7-8-9-10-11-12-13-14-15-16-17-18/h5-6,17H,2-4,7-16H2,1H3. The van der Waals surface area contributed by atoms with E-state index in [4.69, 9.17) is 0 Å². The van der Waals surface area contributed by atoms with Gasteiger partial charge in [-0.25, -0.2) is 0 Å². The molecule has 18 heavy (non-hydrogen) atoms. The van der Waals surface area contributed by atoms with Gasteiger partial charge in [0.25, 0.3) is 0 Å². The molecule has 106 valence electrons. The molecular formula is C17H32O. The Morgan fingerprint density at radius 1 is 0.611 bits per heavy atom. The fraction of sp³-hybridized carbons (Fsp3) is 0.824. The van der Waals surface area contributed by atoms with Crippen molar-refractivity contribution in [3.63, 3.8) is 0 Å². The Kier molecular flexibility index (Phi) is 15.9. The van der Waals surface area contributed by atoms with Crippen molar-refractivity contribution in [2.45, 2.75) is 90.4 Å². The van der Waals surface area contributed by atoms with Crippen molar-refractivity contribution in [3.05, 3.63) is 12.2 Å². The van der Waals surface area contributed by atoms with E-state index in [2.05, 4.69) is 19.1 Å². The molecule has 0 aromatic carbocycles. The fourth-order valence-corrected chi connectivity index (χ4v) is 2.11. The Balaban J connectivity index is 2.98. The Labute approximate surface area is 114 Å². The number of unbranched alkanes of at least 4 members (excludes halogenated alkanes) is 11. The maximum Gasteiger partial charge on any atom is 0.119 e. The summed E-state index contributed by atoms with van der Waals surface area (Å²) in [5, 5.41) is 0. The highest BCUT2D eigenvalue weighted by Crippen LogP contribution is 2.10. The summed E-state index contributed by atoms with van der Waals surface area (Å²) in [6.07, 6.45) is 22.1. The number of allylic oxidation sites excluding steroid dienone is 2. The summed E-state index contributed by atoms with van der Waals surface area (Å²) >= 11 is 0. The molecule has 0 unspecified atom stereocenters. The molecule has 0 fully saturated rings. The van der Waals surface area contributed by atoms with Crippen molar-refractivity contribution in [2.75, 3.05) is 0 Å². The van der Waals surface area contributed by atoms with Gasteiger partial charge in [0.05, 0.1) is 0 Å². The van der Waals surface area contributed by atoms with Crippen LogP contribution in [0.25, 0.3) is 0 Å². The molecule has 0 amide bonds. The number of hydrogen-bond donors (Lipinski definition) is 0. The molecule has 0 heterocycles. The average Bonchev–Trinajstić information content (AvgIpc) is 2.39. The Bertz CT molecular complexity index is 184. The van der Waals surface area contributed by atoms with Gasteiger partial charge in [0.1, 0.15) is 6.29 Å². The minimum Gasteiger partial charge on any atom is -0.303 e. The van der Waals surface area contributed by atoms with Crippen molar-refractivity contribution in [3.8, 4) is 0 Å². The molecule has 1 heteroatoms. The zero-order chi connectivity index (χ0) is 13.3. The van der Waals surface area contributed by atoms with Crippen LogP contribution < -0.4 is 0 Å². The molecule has 0 N–H and O–H groups in total. The average molecular weight is 252 g/mol. The van der Waals surface area contributed by atoms with Gasteiger partial charge < -0.3 is 4.79 Å². The molecule has 0 spiro atoms. The van der Waals surface area contributed by atoms with Gasteiger partial charge in [-0.3, -0.25) is 0 Å². The van der Waals surface area contributed by atoms with Gasteiger partial charge in [0.2, 0.25) is 0 Å². The minimum absolute atomic E-state index is 0.754. The van der Waals surface area contributed by atoms with E-state index < -0.39 is 0 Å². The van der Waals surface area contributed by atoms with E-state index in [1.807, 2.05) is 0 Å². The van der Waals surface area contributed by atoms with Gasteiger partial charge >= 0.3 is 0 Å². The third-order valence-electron chi connectivity index (χ3n) is 3.33. The molecule has 0 atom stereocenters. The van der Waals surface area contributed by atoms with Crippen LogP contribution in [0.2, 0.25) is 0 Å². The lowest BCUT2D eigenvalue weighted by atomic mass is 10.1. The monoisotopic (exact) mass is 252 g/mol. The largest absolute Gasteiger partial charge is 0.303 e. The minimum atomic E-state index is 0.754. The smallest absolute Gasteiger partial charge is 0.119 e. The number of carbonyl (C=O) groups excluding carboxylic acids is 1. The highest BCUT2D eigenvalue weighted by molar-refractivity contribution is 5.48. The molecule has 1 nitrogen and oxygen atoms in total. The molecule has 0 radical (unpaired) electrons. The van der Waals surface area contributed by atoms with Crippen molar-refractivity contribution in [2.24, 2.45) is 0 Å². The molecule has 0 saturated carbocycles. The Hall–Kier alpha value is -0.590. The van der Waals surface area contributed by atoms with Crippen LogP contribution in [0.3, 0.4) is 0 Å². The van der Waals surface area contributed by atoms with Crippen LogP contribution in [0.5, 0.6) is 0 Å². The highest BCUT2D eigenvalue weighted by atomic mass is 16.1. The first kappa shape index (κ1) is 17.4. The van der Waals surface area contributed by atoms with Crippen LogP contribution in [0.15, 0.2) is 12.2 Å². The molecule has 0 aliphatic rings. The summed E-state index contributed by atoms with van der Waals surface area (Å²) in [6.45, 7) is 2.24. The number of carbonyl (C=O) groups is 1. The van der Waals surface area contributed by atoms with Gasteiger partial charge in [-0.2, -0.15) is 0 Å². The van der Waals surface area contributed by atoms with Crippen LogP contribution >= 0.6 is 0 Å². The topological polar surface area (TPSA) is 17.1 Å². The molecule has 0 aromatic rings.